The summed E-state index contributed by atoms with van der Waals surface area (Å²) in [5.74, 6) is -0.728. The molecule has 0 fully saturated rings. The molecule has 6 nitrogen and oxygen atoms in total. The summed E-state index contributed by atoms with van der Waals surface area (Å²) in [4.78, 5) is 23.2. The van der Waals surface area contributed by atoms with E-state index in [4.69, 9.17) is 14.3 Å². The predicted octanol–water partition coefficient (Wildman–Crippen LogP) is 1.84. The Balaban J connectivity index is 2.84. The van der Waals surface area contributed by atoms with Gasteiger partial charge in [0.05, 0.1) is 30.4 Å². The van der Waals surface area contributed by atoms with Crippen LogP contribution < -0.4 is 5.32 Å². The van der Waals surface area contributed by atoms with Crippen molar-refractivity contribution >= 4 is 11.9 Å². The summed E-state index contributed by atoms with van der Waals surface area (Å²) in [6.45, 7) is 3.75. The van der Waals surface area contributed by atoms with Crippen LogP contribution in [0.2, 0.25) is 0 Å². The van der Waals surface area contributed by atoms with Gasteiger partial charge in [0.25, 0.3) is 5.91 Å². The molecule has 0 saturated carbocycles. The number of ether oxygens (including phenoxy) is 1. The number of carbonyl (C=O) groups is 2. The van der Waals surface area contributed by atoms with Crippen LogP contribution in [0.1, 0.15) is 42.8 Å². The number of amides is 1. The fourth-order valence-electron chi connectivity index (χ4n) is 2.09. The van der Waals surface area contributed by atoms with Crippen molar-refractivity contribution in [2.24, 2.45) is 0 Å². The van der Waals surface area contributed by atoms with Crippen LogP contribution in [0.25, 0.3) is 0 Å². The Labute approximate surface area is 118 Å². The van der Waals surface area contributed by atoms with Crippen molar-refractivity contribution < 1.29 is 23.8 Å². The maximum Gasteiger partial charge on any atom is 0.305 e. The topological polar surface area (TPSA) is 88.8 Å². The number of methoxy groups -OCH3 is 1. The van der Waals surface area contributed by atoms with E-state index >= 15 is 0 Å². The predicted molar refractivity (Wildman–Crippen MR) is 72.7 cm³/mol. The van der Waals surface area contributed by atoms with E-state index in [1.54, 1.807) is 13.0 Å². The molecule has 0 aliphatic rings. The lowest BCUT2D eigenvalue weighted by molar-refractivity contribution is -0.139. The molecule has 0 aliphatic carbocycles. The normalized spacial score (nSPS) is 13.8. The Kier molecular flexibility index (Phi) is 5.76. The van der Waals surface area contributed by atoms with Gasteiger partial charge in [0, 0.05) is 13.5 Å². The number of carboxylic acids is 1. The van der Waals surface area contributed by atoms with Gasteiger partial charge < -0.3 is 19.6 Å². The molecule has 1 heterocycles. The van der Waals surface area contributed by atoms with Gasteiger partial charge in [-0.05, 0) is 19.4 Å². The molecule has 2 N–H and O–H groups in total. The number of hydrogen-bond acceptors (Lipinski definition) is 4. The van der Waals surface area contributed by atoms with Gasteiger partial charge in [0.15, 0.2) is 0 Å². The molecule has 1 unspecified atom stereocenters. The Bertz CT molecular complexity index is 468. The van der Waals surface area contributed by atoms with E-state index in [0.717, 1.165) is 6.42 Å². The third-order valence-corrected chi connectivity index (χ3v) is 2.89. The third-order valence-electron chi connectivity index (χ3n) is 2.89. The number of rotatable bonds is 8. The molecule has 0 saturated heterocycles. The van der Waals surface area contributed by atoms with E-state index in [1.807, 2.05) is 6.92 Å². The van der Waals surface area contributed by atoms with Crippen LogP contribution in [0, 0.1) is 0 Å². The van der Waals surface area contributed by atoms with Gasteiger partial charge in [0.1, 0.15) is 5.76 Å². The second kappa shape index (κ2) is 7.09. The average Bonchev–Trinajstić information content (AvgIpc) is 2.76. The van der Waals surface area contributed by atoms with Crippen molar-refractivity contribution in [2.75, 3.05) is 13.7 Å². The quantitative estimate of drug-likeness (QED) is 0.760. The summed E-state index contributed by atoms with van der Waals surface area (Å²) in [7, 11) is 1.46. The van der Waals surface area contributed by atoms with Gasteiger partial charge in [0.2, 0.25) is 0 Å². The molecule has 1 aromatic heterocycles. The van der Waals surface area contributed by atoms with E-state index in [9.17, 15) is 9.59 Å². The van der Waals surface area contributed by atoms with Crippen molar-refractivity contribution in [3.05, 3.63) is 23.7 Å². The first-order valence-corrected chi connectivity index (χ1v) is 6.51. The number of carbonyl (C=O) groups excluding carboxylic acids is 1. The van der Waals surface area contributed by atoms with E-state index in [0.29, 0.717) is 17.7 Å². The Morgan fingerprint density at radius 3 is 2.75 bits per heavy atom. The van der Waals surface area contributed by atoms with Crippen molar-refractivity contribution in [2.45, 2.75) is 38.6 Å². The van der Waals surface area contributed by atoms with Crippen LogP contribution in [-0.2, 0) is 16.0 Å². The SMILES string of the molecule is CCCc1occc1C(=O)NC(C)(COC)CC(=O)O. The number of nitrogens with one attached hydrogen (secondary N) is 1. The molecule has 1 rings (SSSR count). The number of aliphatic carboxylic acids is 1. The Morgan fingerprint density at radius 1 is 1.50 bits per heavy atom. The first-order chi connectivity index (χ1) is 9.41. The van der Waals surface area contributed by atoms with E-state index in [-0.39, 0.29) is 18.9 Å². The Hall–Kier alpha value is -1.82. The summed E-state index contributed by atoms with van der Waals surface area (Å²) in [6.07, 6.45) is 2.77. The lowest BCUT2D eigenvalue weighted by Crippen LogP contribution is -2.50. The second-order valence-corrected chi connectivity index (χ2v) is 5.03. The van der Waals surface area contributed by atoms with Gasteiger partial charge in [-0.1, -0.05) is 6.92 Å². The van der Waals surface area contributed by atoms with Crippen molar-refractivity contribution in [3.8, 4) is 0 Å². The zero-order valence-electron chi connectivity index (χ0n) is 12.1. The van der Waals surface area contributed by atoms with E-state index < -0.39 is 11.5 Å². The standard InChI is InChI=1S/C14H21NO5/c1-4-5-11-10(6-7-20-11)13(18)15-14(2,9-19-3)8-12(16)17/h6-7H,4-5,8-9H2,1-3H3,(H,15,18)(H,16,17). The Morgan fingerprint density at radius 2 is 2.20 bits per heavy atom. The maximum absolute atomic E-state index is 12.3. The molecule has 20 heavy (non-hydrogen) atoms. The summed E-state index contributed by atoms with van der Waals surface area (Å²) in [5.41, 5.74) is -0.516. The highest BCUT2D eigenvalue weighted by Gasteiger charge is 2.31. The minimum atomic E-state index is -0.995. The molecule has 112 valence electrons. The van der Waals surface area contributed by atoms with E-state index in [1.165, 1.54) is 13.4 Å². The third kappa shape index (κ3) is 4.38. The highest BCUT2D eigenvalue weighted by atomic mass is 16.5. The molecule has 6 heteroatoms. The van der Waals surface area contributed by atoms with E-state index in [2.05, 4.69) is 5.32 Å². The molecule has 0 spiro atoms. The first-order valence-electron chi connectivity index (χ1n) is 6.51. The van der Waals surface area contributed by atoms with Crippen molar-refractivity contribution in [1.82, 2.24) is 5.32 Å². The molecule has 1 amide bonds. The van der Waals surface area contributed by atoms with Crippen molar-refractivity contribution in [1.29, 1.82) is 0 Å². The summed E-state index contributed by atoms with van der Waals surface area (Å²) in [5, 5.41) is 11.7. The zero-order valence-corrected chi connectivity index (χ0v) is 12.1. The molecule has 0 aliphatic heterocycles. The summed E-state index contributed by atoms with van der Waals surface area (Å²) >= 11 is 0. The van der Waals surface area contributed by atoms with Crippen LogP contribution in [0.4, 0.5) is 0 Å². The number of aryl methyl sites for hydroxylation is 1. The molecule has 0 radical (unpaired) electrons. The van der Waals surface area contributed by atoms with Gasteiger partial charge in [-0.2, -0.15) is 0 Å². The second-order valence-electron chi connectivity index (χ2n) is 5.03. The number of hydrogen-bond donors (Lipinski definition) is 2. The fourth-order valence-corrected chi connectivity index (χ4v) is 2.09. The van der Waals surface area contributed by atoms with Gasteiger partial charge in [-0.25, -0.2) is 0 Å². The van der Waals surface area contributed by atoms with Crippen LogP contribution in [0.15, 0.2) is 16.7 Å². The minimum Gasteiger partial charge on any atom is -0.481 e. The van der Waals surface area contributed by atoms with Gasteiger partial charge in [-0.15, -0.1) is 0 Å². The molecular weight excluding hydrogens is 262 g/mol. The molecule has 0 aromatic carbocycles. The molecule has 0 bridgehead atoms. The summed E-state index contributed by atoms with van der Waals surface area (Å²) < 4.78 is 10.3. The highest BCUT2D eigenvalue weighted by Crippen LogP contribution is 2.16. The summed E-state index contributed by atoms with van der Waals surface area (Å²) in [6, 6.07) is 1.59. The lowest BCUT2D eigenvalue weighted by atomic mass is 9.98. The highest BCUT2D eigenvalue weighted by molar-refractivity contribution is 5.95. The van der Waals surface area contributed by atoms with Crippen LogP contribution >= 0.6 is 0 Å². The minimum absolute atomic E-state index is 0.117. The monoisotopic (exact) mass is 283 g/mol. The van der Waals surface area contributed by atoms with Gasteiger partial charge >= 0.3 is 5.97 Å². The smallest absolute Gasteiger partial charge is 0.305 e. The molecule has 1 aromatic rings. The lowest BCUT2D eigenvalue weighted by Gasteiger charge is -2.28. The van der Waals surface area contributed by atoms with Crippen LogP contribution in [0.5, 0.6) is 0 Å². The van der Waals surface area contributed by atoms with Gasteiger partial charge in [-0.3, -0.25) is 9.59 Å². The average molecular weight is 283 g/mol. The molecule has 1 atom stereocenters. The number of carboxylic acid groups (broad SMARTS) is 1. The van der Waals surface area contributed by atoms with Crippen LogP contribution in [-0.4, -0.2) is 36.2 Å². The fraction of sp³-hybridized carbons (Fsp3) is 0.571. The van der Waals surface area contributed by atoms with Crippen LogP contribution in [0.3, 0.4) is 0 Å². The van der Waals surface area contributed by atoms with Crippen molar-refractivity contribution in [3.63, 3.8) is 0 Å². The molecular formula is C14H21NO5. The number of furan rings is 1. The first kappa shape index (κ1) is 16.2. The maximum atomic E-state index is 12.3. The zero-order chi connectivity index (χ0) is 15.2. The largest absolute Gasteiger partial charge is 0.481 e.